The van der Waals surface area contributed by atoms with Gasteiger partial charge < -0.3 is 21.3 Å². The Morgan fingerprint density at radius 2 is 1.91 bits per heavy atom. The van der Waals surface area contributed by atoms with E-state index in [9.17, 15) is 14.7 Å². The largest absolute Gasteiger partial charge is 0.480 e. The van der Waals surface area contributed by atoms with Gasteiger partial charge in [0.05, 0.1) is 0 Å². The summed E-state index contributed by atoms with van der Waals surface area (Å²) in [6, 6.07) is 5.06. The van der Waals surface area contributed by atoms with E-state index in [1.807, 2.05) is 13.8 Å². The highest BCUT2D eigenvalue weighted by atomic mass is 35.5. The predicted molar refractivity (Wildman–Crippen MR) is 88.2 cm³/mol. The van der Waals surface area contributed by atoms with E-state index in [0.29, 0.717) is 10.6 Å². The minimum Gasteiger partial charge on any atom is -0.480 e. The van der Waals surface area contributed by atoms with Crippen molar-refractivity contribution < 1.29 is 19.8 Å². The van der Waals surface area contributed by atoms with Crippen LogP contribution in [0, 0.1) is 5.92 Å². The Hall–Kier alpha value is -1.63. The molecule has 7 heteroatoms. The molecule has 0 fully saturated rings. The average Bonchev–Trinajstić information content (AvgIpc) is 2.47. The highest BCUT2D eigenvalue weighted by Gasteiger charge is 2.28. The normalized spacial score (nSPS) is 15.0. The number of amides is 1. The highest BCUT2D eigenvalue weighted by Crippen LogP contribution is 2.17. The average molecular weight is 343 g/mol. The maximum Gasteiger partial charge on any atom is 0.326 e. The second-order valence-corrected chi connectivity index (χ2v) is 6.34. The molecule has 3 atom stereocenters. The van der Waals surface area contributed by atoms with Crippen molar-refractivity contribution in [2.24, 2.45) is 11.7 Å². The van der Waals surface area contributed by atoms with Crippen molar-refractivity contribution in [3.05, 3.63) is 34.9 Å². The Morgan fingerprint density at radius 3 is 2.43 bits per heavy atom. The zero-order valence-corrected chi connectivity index (χ0v) is 14.0. The first-order valence-corrected chi connectivity index (χ1v) is 7.80. The molecule has 0 saturated carbocycles. The predicted octanol–water partition coefficient (Wildman–Crippen LogP) is 1.19. The summed E-state index contributed by atoms with van der Waals surface area (Å²) >= 11 is 6.02. The van der Waals surface area contributed by atoms with E-state index in [2.05, 4.69) is 5.32 Å². The molecule has 1 rings (SSSR count). The number of carbonyl (C=O) groups is 2. The second kappa shape index (κ2) is 8.86. The number of halogens is 1. The molecule has 128 valence electrons. The van der Waals surface area contributed by atoms with Gasteiger partial charge in [-0.15, -0.1) is 0 Å². The van der Waals surface area contributed by atoms with Crippen molar-refractivity contribution in [3.8, 4) is 0 Å². The van der Waals surface area contributed by atoms with Crippen molar-refractivity contribution in [3.63, 3.8) is 0 Å². The molecule has 1 aromatic rings. The first-order valence-electron chi connectivity index (χ1n) is 7.42. The Kier molecular flexibility index (Phi) is 7.48. The van der Waals surface area contributed by atoms with E-state index in [1.165, 1.54) is 0 Å². The quantitative estimate of drug-likeness (QED) is 0.566. The van der Waals surface area contributed by atoms with Crippen LogP contribution < -0.4 is 11.1 Å². The number of hydrogen-bond donors (Lipinski definition) is 4. The molecule has 0 bridgehead atoms. The summed E-state index contributed by atoms with van der Waals surface area (Å²) in [5, 5.41) is 22.0. The third kappa shape index (κ3) is 6.17. The zero-order valence-electron chi connectivity index (χ0n) is 13.2. The molecular weight excluding hydrogens is 320 g/mol. The number of hydrogen-bond acceptors (Lipinski definition) is 4. The van der Waals surface area contributed by atoms with E-state index in [4.69, 9.17) is 22.4 Å². The Balaban J connectivity index is 2.67. The molecule has 6 nitrogen and oxygen atoms in total. The minimum atomic E-state index is -1.51. The van der Waals surface area contributed by atoms with Gasteiger partial charge >= 0.3 is 5.97 Å². The number of carbonyl (C=O) groups excluding carboxylic acids is 1. The summed E-state index contributed by atoms with van der Waals surface area (Å²) in [7, 11) is 0. The summed E-state index contributed by atoms with van der Waals surface area (Å²) < 4.78 is 0. The number of carboxylic acid groups (broad SMARTS) is 1. The summed E-state index contributed by atoms with van der Waals surface area (Å²) in [4.78, 5) is 23.2. The molecule has 23 heavy (non-hydrogen) atoms. The number of nitrogens with two attached hydrogens (primary N) is 1. The summed E-state index contributed by atoms with van der Waals surface area (Å²) in [6.45, 7) is 3.70. The van der Waals surface area contributed by atoms with Gasteiger partial charge in [0.2, 0.25) is 0 Å². The number of aliphatic carboxylic acids is 1. The summed E-state index contributed by atoms with van der Waals surface area (Å²) in [5.74, 6) is -1.85. The molecule has 0 radical (unpaired) electrons. The summed E-state index contributed by atoms with van der Waals surface area (Å²) in [5.41, 5.74) is 6.57. The monoisotopic (exact) mass is 342 g/mol. The van der Waals surface area contributed by atoms with E-state index in [0.717, 1.165) is 0 Å². The SMILES string of the molecule is CC(C)C[C@H](NC(=O)[C@H](O)[C@H](N)Cc1ccccc1Cl)C(=O)O. The van der Waals surface area contributed by atoms with Crippen LogP contribution in [0.2, 0.25) is 5.02 Å². The fourth-order valence-electron chi connectivity index (χ4n) is 2.17. The molecule has 1 aromatic carbocycles. The van der Waals surface area contributed by atoms with Gasteiger partial charge in [0.15, 0.2) is 0 Å². The van der Waals surface area contributed by atoms with Crippen LogP contribution in [-0.4, -0.2) is 40.3 Å². The van der Waals surface area contributed by atoms with Crippen molar-refractivity contribution in [1.29, 1.82) is 0 Å². The molecule has 0 heterocycles. The minimum absolute atomic E-state index is 0.0883. The van der Waals surface area contributed by atoms with Crippen LogP contribution in [0.5, 0.6) is 0 Å². The molecule has 5 N–H and O–H groups in total. The lowest BCUT2D eigenvalue weighted by atomic mass is 10.00. The Bertz CT molecular complexity index is 551. The lowest BCUT2D eigenvalue weighted by molar-refractivity contribution is -0.144. The van der Waals surface area contributed by atoms with E-state index >= 15 is 0 Å². The van der Waals surface area contributed by atoms with E-state index in [-0.39, 0.29) is 18.8 Å². The third-order valence-electron chi connectivity index (χ3n) is 3.41. The fraction of sp³-hybridized carbons (Fsp3) is 0.500. The van der Waals surface area contributed by atoms with Crippen LogP contribution in [0.4, 0.5) is 0 Å². The molecule has 0 aliphatic heterocycles. The number of carboxylic acids is 1. The van der Waals surface area contributed by atoms with E-state index in [1.54, 1.807) is 24.3 Å². The molecular formula is C16H23ClN2O4. The van der Waals surface area contributed by atoms with Crippen LogP contribution in [0.1, 0.15) is 25.8 Å². The molecule has 0 unspecified atom stereocenters. The van der Waals surface area contributed by atoms with Crippen LogP contribution >= 0.6 is 11.6 Å². The number of aliphatic hydroxyl groups is 1. The maximum absolute atomic E-state index is 12.0. The molecule has 0 saturated heterocycles. The molecule has 0 aromatic heterocycles. The molecule has 0 aliphatic carbocycles. The van der Waals surface area contributed by atoms with Gasteiger partial charge in [-0.2, -0.15) is 0 Å². The molecule has 1 amide bonds. The summed E-state index contributed by atoms with van der Waals surface area (Å²) in [6.07, 6.45) is -1.04. The van der Waals surface area contributed by atoms with Gasteiger partial charge in [0.1, 0.15) is 12.1 Å². The lowest BCUT2D eigenvalue weighted by Crippen LogP contribution is -2.52. The van der Waals surface area contributed by atoms with Crippen molar-refractivity contribution >= 4 is 23.5 Å². The first-order chi connectivity index (χ1) is 10.7. The molecule has 0 aliphatic rings. The van der Waals surface area contributed by atoms with Gasteiger partial charge in [-0.05, 0) is 30.4 Å². The van der Waals surface area contributed by atoms with Crippen LogP contribution in [-0.2, 0) is 16.0 Å². The Morgan fingerprint density at radius 1 is 1.30 bits per heavy atom. The van der Waals surface area contributed by atoms with Gasteiger partial charge in [0.25, 0.3) is 5.91 Å². The van der Waals surface area contributed by atoms with Crippen molar-refractivity contribution in [2.75, 3.05) is 0 Å². The van der Waals surface area contributed by atoms with E-state index < -0.39 is 30.1 Å². The van der Waals surface area contributed by atoms with Gasteiger partial charge in [0, 0.05) is 11.1 Å². The fourth-order valence-corrected chi connectivity index (χ4v) is 2.39. The number of aliphatic hydroxyl groups excluding tert-OH is 1. The van der Waals surface area contributed by atoms with Gasteiger partial charge in [-0.3, -0.25) is 4.79 Å². The zero-order chi connectivity index (χ0) is 17.6. The Labute approximate surface area is 140 Å². The third-order valence-corrected chi connectivity index (χ3v) is 3.78. The first kappa shape index (κ1) is 19.4. The van der Waals surface area contributed by atoms with Crippen molar-refractivity contribution in [2.45, 2.75) is 44.9 Å². The lowest BCUT2D eigenvalue weighted by Gasteiger charge is -2.22. The topological polar surface area (TPSA) is 113 Å². The number of benzene rings is 1. The van der Waals surface area contributed by atoms with Crippen LogP contribution in [0.25, 0.3) is 0 Å². The van der Waals surface area contributed by atoms with Gasteiger partial charge in [-0.1, -0.05) is 43.6 Å². The van der Waals surface area contributed by atoms with Gasteiger partial charge in [-0.25, -0.2) is 4.79 Å². The second-order valence-electron chi connectivity index (χ2n) is 5.93. The van der Waals surface area contributed by atoms with Crippen LogP contribution in [0.15, 0.2) is 24.3 Å². The molecule has 0 spiro atoms. The standard InChI is InChI=1S/C16H23ClN2O4/c1-9(2)7-13(16(22)23)19-15(21)14(20)12(18)8-10-5-3-4-6-11(10)17/h3-6,9,12-14,20H,7-8,18H2,1-2H3,(H,19,21)(H,22,23)/t12-,13+,14-/m1/s1. The highest BCUT2D eigenvalue weighted by molar-refractivity contribution is 6.31. The number of nitrogens with one attached hydrogen (secondary N) is 1. The smallest absolute Gasteiger partial charge is 0.326 e. The maximum atomic E-state index is 12.0. The number of rotatable bonds is 8. The van der Waals surface area contributed by atoms with Crippen LogP contribution in [0.3, 0.4) is 0 Å². The van der Waals surface area contributed by atoms with Crippen molar-refractivity contribution in [1.82, 2.24) is 5.32 Å².